The zero-order chi connectivity index (χ0) is 11.4. The molecule has 6 nitrogen and oxygen atoms in total. The number of carbonyl (C=O) groups is 2. The minimum Gasteiger partial charge on any atom is -0.336 e. The molecular formula is C7H14NO5P. The van der Waals surface area contributed by atoms with Crippen molar-refractivity contribution in [3.63, 3.8) is 0 Å². The lowest BCUT2D eigenvalue weighted by molar-refractivity contribution is -0.124. The monoisotopic (exact) mass is 223 g/mol. The largest absolute Gasteiger partial charge is 0.359 e. The van der Waals surface area contributed by atoms with E-state index in [1.807, 2.05) is 0 Å². The SMILES string of the molecule is COP(=O)(OC)[C@@H](NC(C)=O)C(C)=O. The Balaban J connectivity index is 4.89. The highest BCUT2D eigenvalue weighted by molar-refractivity contribution is 7.55. The van der Waals surface area contributed by atoms with Crippen molar-refractivity contribution in [2.24, 2.45) is 0 Å². The maximum Gasteiger partial charge on any atom is 0.359 e. The van der Waals surface area contributed by atoms with Crippen LogP contribution in [0.5, 0.6) is 0 Å². The Morgan fingerprint density at radius 1 is 1.21 bits per heavy atom. The molecule has 7 heteroatoms. The molecule has 0 aliphatic carbocycles. The van der Waals surface area contributed by atoms with Gasteiger partial charge in [0.1, 0.15) is 0 Å². The van der Waals surface area contributed by atoms with Crippen LogP contribution in [0.15, 0.2) is 0 Å². The fourth-order valence-electron chi connectivity index (χ4n) is 0.881. The lowest BCUT2D eigenvalue weighted by Crippen LogP contribution is -2.38. The van der Waals surface area contributed by atoms with Crippen LogP contribution in [0, 0.1) is 0 Å². The highest BCUT2D eigenvalue weighted by atomic mass is 31.2. The minimum absolute atomic E-state index is 0.473. The molecule has 0 rings (SSSR count). The van der Waals surface area contributed by atoms with Crippen molar-refractivity contribution >= 4 is 19.3 Å². The lowest BCUT2D eigenvalue weighted by Gasteiger charge is -2.22. The third-order valence-electron chi connectivity index (χ3n) is 1.55. The zero-order valence-electron chi connectivity index (χ0n) is 8.57. The Bertz CT molecular complexity index is 269. The topological polar surface area (TPSA) is 81.7 Å². The standard InChI is InChI=1S/C7H14NO5P/c1-5(9)7(8-6(2)10)14(11,12-3)13-4/h7H,1-4H3,(H,8,10)/t7-/m1/s1. The van der Waals surface area contributed by atoms with Gasteiger partial charge in [-0.25, -0.2) is 0 Å². The third-order valence-corrected chi connectivity index (χ3v) is 3.69. The molecule has 0 aromatic heterocycles. The van der Waals surface area contributed by atoms with Crippen LogP contribution in [0.2, 0.25) is 0 Å². The van der Waals surface area contributed by atoms with Crippen LogP contribution in [-0.2, 0) is 23.2 Å². The molecule has 0 aliphatic rings. The molecule has 14 heavy (non-hydrogen) atoms. The number of amides is 1. The number of rotatable bonds is 5. The molecular weight excluding hydrogens is 209 g/mol. The van der Waals surface area contributed by atoms with Gasteiger partial charge < -0.3 is 14.4 Å². The first-order chi connectivity index (χ1) is 6.37. The van der Waals surface area contributed by atoms with Crippen molar-refractivity contribution in [1.82, 2.24) is 5.32 Å². The second-order valence-corrected chi connectivity index (χ2v) is 4.95. The van der Waals surface area contributed by atoms with Gasteiger partial charge >= 0.3 is 7.60 Å². The van der Waals surface area contributed by atoms with E-state index in [9.17, 15) is 14.2 Å². The van der Waals surface area contributed by atoms with Crippen LogP contribution in [0.25, 0.3) is 0 Å². The lowest BCUT2D eigenvalue weighted by atomic mass is 10.4. The quantitative estimate of drug-likeness (QED) is 0.687. The first-order valence-corrected chi connectivity index (χ1v) is 5.47. The van der Waals surface area contributed by atoms with Crippen molar-refractivity contribution in [3.05, 3.63) is 0 Å². The van der Waals surface area contributed by atoms with Crippen LogP contribution in [0.3, 0.4) is 0 Å². The van der Waals surface area contributed by atoms with Gasteiger partial charge in [0.15, 0.2) is 11.6 Å². The number of nitrogens with one attached hydrogen (secondary N) is 1. The summed E-state index contributed by atoms with van der Waals surface area (Å²) in [5, 5.41) is 2.22. The van der Waals surface area contributed by atoms with Gasteiger partial charge in [-0.15, -0.1) is 0 Å². The van der Waals surface area contributed by atoms with Gasteiger partial charge in [0.2, 0.25) is 5.91 Å². The molecule has 0 heterocycles. The Hall–Kier alpha value is -0.710. The van der Waals surface area contributed by atoms with E-state index in [4.69, 9.17) is 0 Å². The van der Waals surface area contributed by atoms with Crippen molar-refractivity contribution in [3.8, 4) is 0 Å². The number of hydrogen-bond acceptors (Lipinski definition) is 5. The van der Waals surface area contributed by atoms with Gasteiger partial charge in [0, 0.05) is 21.1 Å². The van der Waals surface area contributed by atoms with Crippen LogP contribution in [0.4, 0.5) is 0 Å². The summed E-state index contributed by atoms with van der Waals surface area (Å²) in [5.74, 6) is -2.19. The summed E-state index contributed by atoms with van der Waals surface area (Å²) in [5.41, 5.74) is 0. The molecule has 1 N–H and O–H groups in total. The predicted molar refractivity (Wildman–Crippen MR) is 49.9 cm³/mol. The Morgan fingerprint density at radius 3 is 1.86 bits per heavy atom. The highest BCUT2D eigenvalue weighted by Gasteiger charge is 2.38. The Morgan fingerprint density at radius 2 is 1.64 bits per heavy atom. The molecule has 0 aromatic carbocycles. The maximum atomic E-state index is 11.7. The Kier molecular flexibility index (Phi) is 4.97. The summed E-state index contributed by atoms with van der Waals surface area (Å²) in [4.78, 5) is 21.8. The van der Waals surface area contributed by atoms with Crippen molar-refractivity contribution in [2.75, 3.05) is 14.2 Å². The molecule has 0 bridgehead atoms. The summed E-state index contributed by atoms with van der Waals surface area (Å²) in [6.45, 7) is 2.41. The van der Waals surface area contributed by atoms with E-state index in [1.165, 1.54) is 13.8 Å². The van der Waals surface area contributed by atoms with E-state index >= 15 is 0 Å². The highest BCUT2D eigenvalue weighted by Crippen LogP contribution is 2.50. The van der Waals surface area contributed by atoms with Crippen molar-refractivity contribution in [2.45, 2.75) is 19.6 Å². The average molecular weight is 223 g/mol. The molecule has 82 valence electrons. The summed E-state index contributed by atoms with van der Waals surface area (Å²) in [6.07, 6.45) is 0. The first kappa shape index (κ1) is 13.3. The molecule has 0 saturated carbocycles. The van der Waals surface area contributed by atoms with Gasteiger partial charge in [-0.05, 0) is 6.92 Å². The number of ketones is 1. The molecule has 1 atom stereocenters. The van der Waals surface area contributed by atoms with Crippen LogP contribution in [-0.4, -0.2) is 31.7 Å². The average Bonchev–Trinajstić information content (AvgIpc) is 2.12. The van der Waals surface area contributed by atoms with E-state index < -0.39 is 25.1 Å². The van der Waals surface area contributed by atoms with E-state index in [2.05, 4.69) is 14.4 Å². The van der Waals surface area contributed by atoms with Crippen LogP contribution < -0.4 is 5.32 Å². The number of carbonyl (C=O) groups excluding carboxylic acids is 2. The summed E-state index contributed by atoms with van der Waals surface area (Å²) in [7, 11) is -1.27. The van der Waals surface area contributed by atoms with Gasteiger partial charge in [0.05, 0.1) is 0 Å². The maximum absolute atomic E-state index is 11.7. The number of hydrogen-bond donors (Lipinski definition) is 1. The normalized spacial score (nSPS) is 13.4. The number of Topliss-reactive ketones (excluding diaryl/α,β-unsaturated/α-hetero) is 1. The molecule has 0 aliphatic heterocycles. The minimum atomic E-state index is -3.58. The van der Waals surface area contributed by atoms with Crippen LogP contribution in [0.1, 0.15) is 13.8 Å². The van der Waals surface area contributed by atoms with Crippen LogP contribution >= 0.6 is 7.60 Å². The summed E-state index contributed by atoms with van der Waals surface area (Å²) >= 11 is 0. The van der Waals surface area contributed by atoms with E-state index in [1.54, 1.807) is 0 Å². The Labute approximate surface area is 82.5 Å². The molecule has 0 saturated heterocycles. The van der Waals surface area contributed by atoms with E-state index in [0.29, 0.717) is 0 Å². The van der Waals surface area contributed by atoms with Crippen molar-refractivity contribution < 1.29 is 23.2 Å². The van der Waals surface area contributed by atoms with Gasteiger partial charge in [-0.1, -0.05) is 0 Å². The van der Waals surface area contributed by atoms with Gasteiger partial charge in [-0.3, -0.25) is 14.2 Å². The zero-order valence-corrected chi connectivity index (χ0v) is 9.46. The fourth-order valence-corrected chi connectivity index (χ4v) is 2.24. The molecule has 0 spiro atoms. The predicted octanol–water partition coefficient (Wildman–Crippen LogP) is 0.523. The third kappa shape index (κ3) is 3.21. The smallest absolute Gasteiger partial charge is 0.336 e. The summed E-state index contributed by atoms with van der Waals surface area (Å²) in [6, 6.07) is 0. The first-order valence-electron chi connectivity index (χ1n) is 3.86. The second-order valence-electron chi connectivity index (χ2n) is 2.62. The fraction of sp³-hybridized carbons (Fsp3) is 0.714. The molecule has 0 aromatic rings. The van der Waals surface area contributed by atoms with Crippen molar-refractivity contribution in [1.29, 1.82) is 0 Å². The van der Waals surface area contributed by atoms with E-state index in [-0.39, 0.29) is 0 Å². The molecule has 1 amide bonds. The summed E-state index contributed by atoms with van der Waals surface area (Å²) < 4.78 is 21.0. The van der Waals surface area contributed by atoms with Gasteiger partial charge in [0.25, 0.3) is 0 Å². The molecule has 0 fully saturated rings. The second kappa shape index (κ2) is 5.24. The van der Waals surface area contributed by atoms with E-state index in [0.717, 1.165) is 14.2 Å². The molecule has 0 radical (unpaired) electrons. The molecule has 0 unspecified atom stereocenters. The van der Waals surface area contributed by atoms with Gasteiger partial charge in [-0.2, -0.15) is 0 Å².